The SMILES string of the molecule is COc1ccc(Oc2cccc3c2OC[C@H]3Oc2ccc(C3CC(=O)NS3(=O)=O)cc2)cn1. The van der Waals surface area contributed by atoms with Gasteiger partial charge in [-0.25, -0.2) is 13.4 Å². The first-order valence-corrected chi connectivity index (χ1v) is 11.7. The lowest BCUT2D eigenvalue weighted by molar-refractivity contribution is -0.118. The van der Waals surface area contributed by atoms with Crippen LogP contribution in [0.2, 0.25) is 0 Å². The second-order valence-corrected chi connectivity index (χ2v) is 9.43. The molecule has 1 fully saturated rings. The van der Waals surface area contributed by atoms with E-state index in [4.69, 9.17) is 18.9 Å². The predicted molar refractivity (Wildman–Crippen MR) is 117 cm³/mol. The molecule has 1 saturated heterocycles. The van der Waals surface area contributed by atoms with Gasteiger partial charge in [0.15, 0.2) is 17.6 Å². The Morgan fingerprint density at radius 1 is 1.06 bits per heavy atom. The van der Waals surface area contributed by atoms with Crippen LogP contribution >= 0.6 is 0 Å². The van der Waals surface area contributed by atoms with Crippen LogP contribution in [-0.4, -0.2) is 33.0 Å². The van der Waals surface area contributed by atoms with Gasteiger partial charge in [-0.05, 0) is 29.8 Å². The first kappa shape index (κ1) is 21.1. The Labute approximate surface area is 190 Å². The summed E-state index contributed by atoms with van der Waals surface area (Å²) >= 11 is 0. The molecule has 2 aromatic carbocycles. The standard InChI is InChI=1S/C23H20N2O7S/c1-29-22-10-9-16(12-24-22)32-18-4-2-3-17-19(13-30-23(17)18)31-15-7-5-14(6-8-15)20-11-21(26)25-33(20,27)28/h2-10,12,19-20H,11,13H2,1H3,(H,25,26)/t19-,20?/m1/s1. The maximum absolute atomic E-state index is 12.1. The van der Waals surface area contributed by atoms with Gasteiger partial charge in [-0.15, -0.1) is 0 Å². The van der Waals surface area contributed by atoms with Crippen molar-refractivity contribution in [1.29, 1.82) is 0 Å². The Morgan fingerprint density at radius 2 is 1.85 bits per heavy atom. The number of sulfonamides is 1. The third kappa shape index (κ3) is 4.17. The van der Waals surface area contributed by atoms with Crippen molar-refractivity contribution in [3.63, 3.8) is 0 Å². The molecule has 9 nitrogen and oxygen atoms in total. The van der Waals surface area contributed by atoms with Crippen LogP contribution in [0.3, 0.4) is 0 Å². The number of benzene rings is 2. The highest BCUT2D eigenvalue weighted by Gasteiger charge is 2.37. The van der Waals surface area contributed by atoms with Gasteiger partial charge in [0.2, 0.25) is 21.8 Å². The van der Waals surface area contributed by atoms with Crippen molar-refractivity contribution < 1.29 is 32.2 Å². The van der Waals surface area contributed by atoms with Crippen LogP contribution in [0.15, 0.2) is 60.8 Å². The van der Waals surface area contributed by atoms with Crippen molar-refractivity contribution in [2.75, 3.05) is 13.7 Å². The Hall–Kier alpha value is -3.79. The average Bonchev–Trinajstić information content (AvgIpc) is 3.34. The summed E-state index contributed by atoms with van der Waals surface area (Å²) in [6.07, 6.45) is 1.12. The minimum Gasteiger partial charge on any atom is -0.485 e. The fourth-order valence-electron chi connectivity index (χ4n) is 3.81. The van der Waals surface area contributed by atoms with E-state index < -0.39 is 21.2 Å². The molecule has 33 heavy (non-hydrogen) atoms. The largest absolute Gasteiger partial charge is 0.485 e. The molecule has 3 heterocycles. The highest BCUT2D eigenvalue weighted by molar-refractivity contribution is 7.90. The number of amides is 1. The van der Waals surface area contributed by atoms with Gasteiger partial charge < -0.3 is 18.9 Å². The summed E-state index contributed by atoms with van der Waals surface area (Å²) in [7, 11) is -2.14. The quantitative estimate of drug-likeness (QED) is 0.586. The van der Waals surface area contributed by atoms with Crippen molar-refractivity contribution >= 4 is 15.9 Å². The number of ether oxygens (including phenoxy) is 4. The third-order valence-electron chi connectivity index (χ3n) is 5.41. The summed E-state index contributed by atoms with van der Waals surface area (Å²) in [5, 5.41) is -0.887. The molecule has 0 bridgehead atoms. The Morgan fingerprint density at radius 3 is 2.52 bits per heavy atom. The van der Waals surface area contributed by atoms with Crippen LogP contribution in [0.4, 0.5) is 0 Å². The van der Waals surface area contributed by atoms with Crippen molar-refractivity contribution in [3.05, 3.63) is 71.9 Å². The zero-order chi connectivity index (χ0) is 23.0. The van der Waals surface area contributed by atoms with E-state index in [1.807, 2.05) is 16.9 Å². The zero-order valence-corrected chi connectivity index (χ0v) is 18.4. The lowest BCUT2D eigenvalue weighted by Crippen LogP contribution is -2.21. The summed E-state index contributed by atoms with van der Waals surface area (Å²) in [5.74, 6) is 2.23. The number of carbonyl (C=O) groups is 1. The van der Waals surface area contributed by atoms with Gasteiger partial charge in [0.1, 0.15) is 23.4 Å². The highest BCUT2D eigenvalue weighted by atomic mass is 32.2. The van der Waals surface area contributed by atoms with E-state index in [2.05, 4.69) is 4.98 Å². The molecule has 2 atom stereocenters. The number of aromatic nitrogens is 1. The summed E-state index contributed by atoms with van der Waals surface area (Å²) < 4.78 is 49.1. The van der Waals surface area contributed by atoms with Crippen LogP contribution in [-0.2, 0) is 14.8 Å². The summed E-state index contributed by atoms with van der Waals surface area (Å²) in [6, 6.07) is 15.7. The fourth-order valence-corrected chi connectivity index (χ4v) is 5.24. The van der Waals surface area contributed by atoms with Gasteiger partial charge in [-0.3, -0.25) is 9.52 Å². The smallest absolute Gasteiger partial charge is 0.242 e. The van der Waals surface area contributed by atoms with E-state index in [9.17, 15) is 13.2 Å². The van der Waals surface area contributed by atoms with E-state index >= 15 is 0 Å². The van der Waals surface area contributed by atoms with Crippen LogP contribution in [0.5, 0.6) is 28.9 Å². The van der Waals surface area contributed by atoms with Crippen molar-refractivity contribution in [2.45, 2.75) is 17.8 Å². The molecule has 0 spiro atoms. The van der Waals surface area contributed by atoms with Crippen LogP contribution in [0.1, 0.15) is 28.9 Å². The average molecular weight is 468 g/mol. The number of methoxy groups -OCH3 is 1. The number of pyridine rings is 1. The summed E-state index contributed by atoms with van der Waals surface area (Å²) in [4.78, 5) is 15.6. The molecule has 0 radical (unpaired) electrons. The molecule has 3 aromatic rings. The van der Waals surface area contributed by atoms with E-state index in [1.165, 1.54) is 0 Å². The lowest BCUT2D eigenvalue weighted by atomic mass is 10.1. The number of hydrogen-bond acceptors (Lipinski definition) is 8. The minimum atomic E-state index is -3.68. The maximum atomic E-state index is 12.1. The van der Waals surface area contributed by atoms with Crippen LogP contribution in [0.25, 0.3) is 0 Å². The number of fused-ring (bicyclic) bond motifs is 1. The molecule has 1 N–H and O–H groups in total. The molecule has 10 heteroatoms. The molecule has 1 amide bonds. The molecule has 170 valence electrons. The zero-order valence-electron chi connectivity index (χ0n) is 17.6. The van der Waals surface area contributed by atoms with Crippen molar-refractivity contribution in [1.82, 2.24) is 9.71 Å². The first-order chi connectivity index (χ1) is 15.9. The first-order valence-electron chi connectivity index (χ1n) is 10.2. The molecular formula is C23H20N2O7S. The second-order valence-electron chi connectivity index (χ2n) is 7.56. The molecule has 1 aromatic heterocycles. The summed E-state index contributed by atoms with van der Waals surface area (Å²) in [6.45, 7) is 0.299. The second kappa shape index (κ2) is 8.28. The normalized spacial score (nSPS) is 20.5. The van der Waals surface area contributed by atoms with Crippen LogP contribution in [0, 0.1) is 0 Å². The van der Waals surface area contributed by atoms with Gasteiger partial charge in [0.25, 0.3) is 0 Å². The van der Waals surface area contributed by atoms with Crippen molar-refractivity contribution in [2.24, 2.45) is 0 Å². The number of carbonyl (C=O) groups excluding carboxylic acids is 1. The molecule has 0 aliphatic carbocycles. The van der Waals surface area contributed by atoms with E-state index in [0.717, 1.165) is 5.56 Å². The molecule has 2 aliphatic rings. The number of nitrogens with one attached hydrogen (secondary N) is 1. The molecule has 2 aliphatic heterocycles. The Balaban J connectivity index is 1.31. The number of rotatable bonds is 6. The lowest BCUT2D eigenvalue weighted by Gasteiger charge is -2.14. The van der Waals surface area contributed by atoms with Gasteiger partial charge in [-0.1, -0.05) is 24.3 Å². The van der Waals surface area contributed by atoms with E-state index in [0.29, 0.717) is 41.0 Å². The molecule has 0 saturated carbocycles. The molecule has 1 unspecified atom stereocenters. The van der Waals surface area contributed by atoms with Gasteiger partial charge in [0, 0.05) is 11.6 Å². The van der Waals surface area contributed by atoms with Gasteiger partial charge >= 0.3 is 0 Å². The monoisotopic (exact) mass is 468 g/mol. The maximum Gasteiger partial charge on any atom is 0.242 e. The fraction of sp³-hybridized carbons (Fsp3) is 0.217. The topological polar surface area (TPSA) is 113 Å². The number of hydrogen-bond donors (Lipinski definition) is 1. The molecular weight excluding hydrogens is 448 g/mol. The van der Waals surface area contributed by atoms with E-state index in [1.54, 1.807) is 55.8 Å². The number of nitrogens with zero attached hydrogens (tertiary/aromatic N) is 1. The van der Waals surface area contributed by atoms with Crippen LogP contribution < -0.4 is 23.7 Å². The van der Waals surface area contributed by atoms with E-state index in [-0.39, 0.29) is 12.5 Å². The van der Waals surface area contributed by atoms with Crippen molar-refractivity contribution in [3.8, 4) is 28.9 Å². The van der Waals surface area contributed by atoms with Gasteiger partial charge in [-0.2, -0.15) is 0 Å². The Bertz CT molecular complexity index is 1290. The molecule has 5 rings (SSSR count). The minimum absolute atomic E-state index is 0.0845. The summed E-state index contributed by atoms with van der Waals surface area (Å²) in [5.41, 5.74) is 1.37. The predicted octanol–water partition coefficient (Wildman–Crippen LogP) is 3.29. The third-order valence-corrected chi connectivity index (χ3v) is 7.11. The Kier molecular flexibility index (Phi) is 5.29. The number of para-hydroxylation sites is 1. The van der Waals surface area contributed by atoms with Gasteiger partial charge in [0.05, 0.1) is 19.7 Å². The highest BCUT2D eigenvalue weighted by Crippen LogP contribution is 2.43.